The monoisotopic (exact) mass is 233 g/mol. The summed E-state index contributed by atoms with van der Waals surface area (Å²) in [6, 6.07) is 8.10. The number of rotatable bonds is 3. The van der Waals surface area contributed by atoms with Crippen molar-refractivity contribution in [3.8, 4) is 0 Å². The number of nitrogens with zero attached hydrogens (tertiary/aromatic N) is 2. The Morgan fingerprint density at radius 2 is 2.18 bits per heavy atom. The zero-order valence-electron chi connectivity index (χ0n) is 10.2. The van der Waals surface area contributed by atoms with Crippen LogP contribution in [0.1, 0.15) is 5.56 Å². The molecule has 4 heteroatoms. The van der Waals surface area contributed by atoms with E-state index in [0.29, 0.717) is 13.1 Å². The van der Waals surface area contributed by atoms with Crippen LogP contribution in [0.3, 0.4) is 0 Å². The van der Waals surface area contributed by atoms with Crippen molar-refractivity contribution in [2.45, 2.75) is 6.42 Å². The molecule has 4 nitrogen and oxygen atoms in total. The lowest BCUT2D eigenvalue weighted by atomic mass is 10.1. The Labute approximate surface area is 102 Å². The van der Waals surface area contributed by atoms with Crippen LogP contribution in [0.2, 0.25) is 0 Å². The van der Waals surface area contributed by atoms with Gasteiger partial charge in [-0.15, -0.1) is 0 Å². The van der Waals surface area contributed by atoms with Gasteiger partial charge in [0.25, 0.3) is 0 Å². The first-order valence-corrected chi connectivity index (χ1v) is 5.98. The second-order valence-electron chi connectivity index (χ2n) is 4.49. The topological polar surface area (TPSA) is 49.6 Å². The van der Waals surface area contributed by atoms with Crippen molar-refractivity contribution < 1.29 is 4.79 Å². The van der Waals surface area contributed by atoms with Gasteiger partial charge in [0.15, 0.2) is 0 Å². The number of hydrogen-bond acceptors (Lipinski definition) is 3. The third-order valence-corrected chi connectivity index (χ3v) is 3.07. The van der Waals surface area contributed by atoms with Crippen molar-refractivity contribution in [1.82, 2.24) is 4.90 Å². The molecular formula is C13H19N3O. The molecule has 2 rings (SSSR count). The van der Waals surface area contributed by atoms with Gasteiger partial charge < -0.3 is 10.6 Å². The van der Waals surface area contributed by atoms with Gasteiger partial charge in [-0.3, -0.25) is 9.69 Å². The number of benzene rings is 1. The highest BCUT2D eigenvalue weighted by Crippen LogP contribution is 2.18. The van der Waals surface area contributed by atoms with Crippen LogP contribution in [0.5, 0.6) is 0 Å². The summed E-state index contributed by atoms with van der Waals surface area (Å²) in [4.78, 5) is 15.8. The minimum absolute atomic E-state index is 0.170. The molecule has 0 spiro atoms. The molecule has 1 aromatic carbocycles. The second kappa shape index (κ2) is 5.29. The first-order valence-electron chi connectivity index (χ1n) is 5.98. The van der Waals surface area contributed by atoms with E-state index in [-0.39, 0.29) is 5.91 Å². The summed E-state index contributed by atoms with van der Waals surface area (Å²) >= 11 is 0. The summed E-state index contributed by atoms with van der Waals surface area (Å²) in [5.41, 5.74) is 7.73. The number of likely N-dealkylation sites (N-methyl/N-ethyl adjacent to an activating group) is 1. The molecule has 92 valence electrons. The van der Waals surface area contributed by atoms with Gasteiger partial charge in [0.2, 0.25) is 5.91 Å². The van der Waals surface area contributed by atoms with E-state index in [0.717, 1.165) is 25.2 Å². The number of nitrogens with two attached hydrogens (primary N) is 1. The maximum Gasteiger partial charge on any atom is 0.241 e. The van der Waals surface area contributed by atoms with Gasteiger partial charge >= 0.3 is 0 Å². The van der Waals surface area contributed by atoms with Crippen molar-refractivity contribution in [2.75, 3.05) is 38.1 Å². The normalized spacial score (nSPS) is 17.5. The maximum absolute atomic E-state index is 11.9. The molecule has 0 aromatic heterocycles. The Kier molecular flexibility index (Phi) is 3.76. The van der Waals surface area contributed by atoms with Gasteiger partial charge in [0, 0.05) is 18.8 Å². The lowest BCUT2D eigenvalue weighted by molar-refractivity contribution is -0.120. The number of piperazine rings is 1. The number of hydrogen-bond donors (Lipinski definition) is 1. The second-order valence-corrected chi connectivity index (χ2v) is 4.49. The molecule has 2 N–H and O–H groups in total. The maximum atomic E-state index is 11.9. The Hall–Kier alpha value is -1.39. The summed E-state index contributed by atoms with van der Waals surface area (Å²) in [6.07, 6.45) is 0.857. The van der Waals surface area contributed by atoms with Crippen LogP contribution < -0.4 is 10.6 Å². The van der Waals surface area contributed by atoms with Crippen LogP contribution in [0.4, 0.5) is 5.69 Å². The zero-order valence-corrected chi connectivity index (χ0v) is 10.2. The Morgan fingerprint density at radius 3 is 2.88 bits per heavy atom. The summed E-state index contributed by atoms with van der Waals surface area (Å²) < 4.78 is 0. The molecule has 0 atom stereocenters. The fourth-order valence-corrected chi connectivity index (χ4v) is 2.11. The fourth-order valence-electron chi connectivity index (χ4n) is 2.11. The largest absolute Gasteiger partial charge is 0.330 e. The minimum atomic E-state index is 0.170. The van der Waals surface area contributed by atoms with Crippen LogP contribution in [0.15, 0.2) is 24.3 Å². The molecule has 1 saturated heterocycles. The lowest BCUT2D eigenvalue weighted by Gasteiger charge is -2.32. The molecule has 1 amide bonds. The Morgan fingerprint density at radius 1 is 1.35 bits per heavy atom. The molecule has 1 aliphatic rings. The van der Waals surface area contributed by atoms with E-state index in [9.17, 15) is 4.79 Å². The van der Waals surface area contributed by atoms with E-state index >= 15 is 0 Å². The molecule has 0 radical (unpaired) electrons. The standard InChI is InChI=1S/C13H19N3O/c1-15-7-8-16(13(17)10-15)12-4-2-3-11(9-12)5-6-14/h2-4,9H,5-8,10,14H2,1H3. The molecule has 1 aromatic rings. The lowest BCUT2D eigenvalue weighted by Crippen LogP contribution is -2.48. The van der Waals surface area contributed by atoms with Crippen LogP contribution in [-0.4, -0.2) is 44.0 Å². The summed E-state index contributed by atoms with van der Waals surface area (Å²) in [6.45, 7) is 2.83. The third-order valence-electron chi connectivity index (χ3n) is 3.07. The van der Waals surface area contributed by atoms with Crippen molar-refractivity contribution >= 4 is 11.6 Å². The fraction of sp³-hybridized carbons (Fsp3) is 0.462. The summed E-state index contributed by atoms with van der Waals surface area (Å²) in [5.74, 6) is 0.170. The highest BCUT2D eigenvalue weighted by molar-refractivity contribution is 5.95. The molecule has 1 fully saturated rings. The first-order chi connectivity index (χ1) is 8.20. The predicted octanol–water partition coefficient (Wildman–Crippen LogP) is 0.466. The van der Waals surface area contributed by atoms with E-state index in [1.807, 2.05) is 29.0 Å². The van der Waals surface area contributed by atoms with Crippen LogP contribution >= 0.6 is 0 Å². The van der Waals surface area contributed by atoms with E-state index in [2.05, 4.69) is 12.1 Å². The van der Waals surface area contributed by atoms with E-state index in [4.69, 9.17) is 5.73 Å². The van der Waals surface area contributed by atoms with Crippen molar-refractivity contribution in [3.05, 3.63) is 29.8 Å². The molecule has 17 heavy (non-hydrogen) atoms. The average molecular weight is 233 g/mol. The highest BCUT2D eigenvalue weighted by Gasteiger charge is 2.22. The molecule has 0 bridgehead atoms. The van der Waals surface area contributed by atoms with Crippen LogP contribution in [-0.2, 0) is 11.2 Å². The van der Waals surface area contributed by atoms with Gasteiger partial charge in [-0.05, 0) is 37.7 Å². The Bertz CT molecular complexity index is 405. The van der Waals surface area contributed by atoms with Crippen molar-refractivity contribution in [1.29, 1.82) is 0 Å². The molecule has 0 unspecified atom stereocenters. The van der Waals surface area contributed by atoms with E-state index in [1.165, 1.54) is 5.56 Å². The first kappa shape index (κ1) is 12.1. The van der Waals surface area contributed by atoms with Gasteiger partial charge in [0.05, 0.1) is 6.54 Å². The molecule has 1 heterocycles. The zero-order chi connectivity index (χ0) is 12.3. The predicted molar refractivity (Wildman–Crippen MR) is 69.1 cm³/mol. The molecule has 0 aliphatic carbocycles. The highest BCUT2D eigenvalue weighted by atomic mass is 16.2. The Balaban J connectivity index is 2.16. The van der Waals surface area contributed by atoms with Crippen molar-refractivity contribution in [3.63, 3.8) is 0 Å². The number of amides is 1. The smallest absolute Gasteiger partial charge is 0.241 e. The van der Waals surface area contributed by atoms with Gasteiger partial charge in [-0.1, -0.05) is 12.1 Å². The number of carbonyl (C=O) groups excluding carboxylic acids is 1. The molecule has 1 aliphatic heterocycles. The van der Waals surface area contributed by atoms with Gasteiger partial charge in [-0.2, -0.15) is 0 Å². The van der Waals surface area contributed by atoms with E-state index < -0.39 is 0 Å². The SMILES string of the molecule is CN1CCN(c2cccc(CCN)c2)C(=O)C1. The quantitative estimate of drug-likeness (QED) is 0.825. The average Bonchev–Trinajstić information content (AvgIpc) is 2.29. The van der Waals surface area contributed by atoms with E-state index in [1.54, 1.807) is 0 Å². The third kappa shape index (κ3) is 2.84. The summed E-state index contributed by atoms with van der Waals surface area (Å²) in [5, 5.41) is 0. The molecular weight excluding hydrogens is 214 g/mol. The number of carbonyl (C=O) groups is 1. The minimum Gasteiger partial charge on any atom is -0.330 e. The molecule has 0 saturated carbocycles. The van der Waals surface area contributed by atoms with Gasteiger partial charge in [-0.25, -0.2) is 0 Å². The van der Waals surface area contributed by atoms with Crippen LogP contribution in [0, 0.1) is 0 Å². The van der Waals surface area contributed by atoms with Gasteiger partial charge in [0.1, 0.15) is 0 Å². The van der Waals surface area contributed by atoms with Crippen molar-refractivity contribution in [2.24, 2.45) is 5.73 Å². The van der Waals surface area contributed by atoms with Crippen LogP contribution in [0.25, 0.3) is 0 Å². The summed E-state index contributed by atoms with van der Waals surface area (Å²) in [7, 11) is 1.97. The number of anilines is 1.